The van der Waals surface area contributed by atoms with E-state index in [4.69, 9.17) is 16.3 Å². The van der Waals surface area contributed by atoms with E-state index in [0.29, 0.717) is 16.5 Å². The van der Waals surface area contributed by atoms with E-state index in [1.807, 2.05) is 36.3 Å². The molecule has 2 atom stereocenters. The smallest absolute Gasteiger partial charge is 0.319 e. The van der Waals surface area contributed by atoms with Crippen LogP contribution < -0.4 is 15.4 Å². The number of halogens is 1. The Morgan fingerprint density at radius 2 is 2.03 bits per heavy atom. The van der Waals surface area contributed by atoms with Gasteiger partial charge in [-0.15, -0.1) is 0 Å². The zero-order chi connectivity index (χ0) is 22.5. The molecule has 8 nitrogen and oxygen atoms in total. The first kappa shape index (κ1) is 22.1. The monoisotopic (exact) mass is 454 g/mol. The van der Waals surface area contributed by atoms with Crippen LogP contribution in [0.4, 0.5) is 10.5 Å². The van der Waals surface area contributed by atoms with Crippen LogP contribution in [0.5, 0.6) is 5.75 Å². The molecule has 0 saturated carbocycles. The molecule has 0 spiro atoms. The third kappa shape index (κ3) is 5.57. The van der Waals surface area contributed by atoms with Crippen molar-refractivity contribution < 1.29 is 9.53 Å². The average molecular weight is 455 g/mol. The number of rotatable bonds is 6. The minimum Gasteiger partial charge on any atom is -0.495 e. The van der Waals surface area contributed by atoms with Crippen LogP contribution in [-0.2, 0) is 13.6 Å². The molecule has 1 saturated heterocycles. The second-order valence-corrected chi connectivity index (χ2v) is 8.42. The van der Waals surface area contributed by atoms with E-state index in [-0.39, 0.29) is 18.0 Å². The Morgan fingerprint density at radius 3 is 2.69 bits per heavy atom. The highest BCUT2D eigenvalue weighted by Crippen LogP contribution is 2.28. The molecule has 1 fully saturated rings. The highest BCUT2D eigenvalue weighted by Gasteiger charge is 2.32. The summed E-state index contributed by atoms with van der Waals surface area (Å²) in [7, 11) is 3.54. The lowest BCUT2D eigenvalue weighted by molar-refractivity contribution is 0.167. The Bertz CT molecular complexity index is 1040. The van der Waals surface area contributed by atoms with Gasteiger partial charge in [-0.25, -0.2) is 4.79 Å². The lowest BCUT2D eigenvalue weighted by Gasteiger charge is -2.38. The maximum atomic E-state index is 12.7. The van der Waals surface area contributed by atoms with Gasteiger partial charge in [0, 0.05) is 66.8 Å². The van der Waals surface area contributed by atoms with Gasteiger partial charge in [0.15, 0.2) is 0 Å². The molecule has 168 valence electrons. The molecule has 2 N–H and O–H groups in total. The number of carbonyl (C=O) groups excluding carboxylic acids is 1. The van der Waals surface area contributed by atoms with Crippen LogP contribution in [0.15, 0.2) is 55.0 Å². The molecule has 1 aliphatic rings. The molecule has 4 rings (SSSR count). The molecular weight excluding hydrogens is 428 g/mol. The summed E-state index contributed by atoms with van der Waals surface area (Å²) in [5.74, 6) is 0.754. The van der Waals surface area contributed by atoms with Gasteiger partial charge < -0.3 is 15.4 Å². The lowest BCUT2D eigenvalue weighted by Crippen LogP contribution is -2.50. The van der Waals surface area contributed by atoms with Gasteiger partial charge in [0.1, 0.15) is 5.75 Å². The second-order valence-electron chi connectivity index (χ2n) is 7.99. The van der Waals surface area contributed by atoms with Crippen molar-refractivity contribution in [2.45, 2.75) is 24.9 Å². The van der Waals surface area contributed by atoms with Gasteiger partial charge in [-0.2, -0.15) is 5.10 Å². The number of anilines is 1. The fraction of sp³-hybridized carbons (Fsp3) is 0.348. The first-order chi connectivity index (χ1) is 15.5. The molecule has 2 unspecified atom stereocenters. The van der Waals surface area contributed by atoms with Crippen LogP contribution in [0.3, 0.4) is 0 Å². The van der Waals surface area contributed by atoms with E-state index in [1.165, 1.54) is 5.56 Å². The Balaban J connectivity index is 1.47. The number of likely N-dealkylation sites (tertiary alicyclic amines) is 1. The van der Waals surface area contributed by atoms with Crippen molar-refractivity contribution >= 4 is 23.3 Å². The van der Waals surface area contributed by atoms with Crippen LogP contribution in [-0.4, -0.2) is 51.9 Å². The summed E-state index contributed by atoms with van der Waals surface area (Å²) in [5.41, 5.74) is 2.79. The Kier molecular flexibility index (Phi) is 6.92. The van der Waals surface area contributed by atoms with Crippen molar-refractivity contribution in [2.24, 2.45) is 7.05 Å². The van der Waals surface area contributed by atoms with Gasteiger partial charge in [0.25, 0.3) is 0 Å². The van der Waals surface area contributed by atoms with Crippen LogP contribution in [0.2, 0.25) is 5.02 Å². The molecule has 2 amide bonds. The van der Waals surface area contributed by atoms with Crippen molar-refractivity contribution in [1.82, 2.24) is 25.0 Å². The number of ether oxygens (including phenoxy) is 1. The molecule has 32 heavy (non-hydrogen) atoms. The van der Waals surface area contributed by atoms with Crippen molar-refractivity contribution in [1.29, 1.82) is 0 Å². The Morgan fingerprint density at radius 1 is 1.22 bits per heavy atom. The highest BCUT2D eigenvalue weighted by molar-refractivity contribution is 6.30. The minimum absolute atomic E-state index is 0.0438. The molecule has 0 aliphatic carbocycles. The van der Waals surface area contributed by atoms with Gasteiger partial charge in [0.2, 0.25) is 0 Å². The van der Waals surface area contributed by atoms with Crippen molar-refractivity contribution in [2.75, 3.05) is 25.5 Å². The van der Waals surface area contributed by atoms with E-state index in [2.05, 4.69) is 25.6 Å². The van der Waals surface area contributed by atoms with Gasteiger partial charge in [-0.3, -0.25) is 14.6 Å². The molecule has 9 heteroatoms. The summed E-state index contributed by atoms with van der Waals surface area (Å²) >= 11 is 5.93. The maximum absolute atomic E-state index is 12.7. The van der Waals surface area contributed by atoms with Gasteiger partial charge in [-0.05, 0) is 42.8 Å². The number of piperidine rings is 1. The van der Waals surface area contributed by atoms with E-state index in [9.17, 15) is 4.79 Å². The van der Waals surface area contributed by atoms with E-state index in [0.717, 1.165) is 31.7 Å². The van der Waals surface area contributed by atoms with Gasteiger partial charge in [0.05, 0.1) is 19.5 Å². The molecule has 0 radical (unpaired) electrons. The van der Waals surface area contributed by atoms with Crippen molar-refractivity contribution in [3.05, 3.63) is 71.3 Å². The number of aryl methyl sites for hydroxylation is 1. The minimum atomic E-state index is -0.239. The average Bonchev–Trinajstić information content (AvgIpc) is 3.21. The molecule has 3 heterocycles. The fourth-order valence-corrected chi connectivity index (χ4v) is 4.17. The third-order valence-corrected chi connectivity index (χ3v) is 5.91. The number of aromatic nitrogens is 3. The Hall–Kier alpha value is -3.10. The predicted molar refractivity (Wildman–Crippen MR) is 124 cm³/mol. The number of nitrogens with zero attached hydrogens (tertiary/aromatic N) is 4. The number of methoxy groups -OCH3 is 1. The van der Waals surface area contributed by atoms with Crippen LogP contribution in [0.25, 0.3) is 0 Å². The van der Waals surface area contributed by atoms with Crippen LogP contribution in [0.1, 0.15) is 23.6 Å². The standard InChI is InChI=1S/C23H27ClN6O2/c1-29-13-16(11-26-29)14-30-10-9-22(20(15-30)21-8-7-19(32-2)12-25-21)28-23(31)27-18-5-3-17(24)4-6-18/h3-8,11-13,20,22H,9-10,14-15H2,1-2H3,(H2,27,28,31). The largest absolute Gasteiger partial charge is 0.495 e. The fourth-order valence-electron chi connectivity index (χ4n) is 4.05. The number of benzene rings is 1. The molecule has 1 aromatic carbocycles. The zero-order valence-electron chi connectivity index (χ0n) is 18.2. The second kappa shape index (κ2) is 10.0. The molecule has 1 aliphatic heterocycles. The number of hydrogen-bond acceptors (Lipinski definition) is 5. The van der Waals surface area contributed by atoms with Crippen molar-refractivity contribution in [3.8, 4) is 5.75 Å². The quantitative estimate of drug-likeness (QED) is 0.593. The summed E-state index contributed by atoms with van der Waals surface area (Å²) in [4.78, 5) is 19.7. The number of pyridine rings is 1. The first-order valence-corrected chi connectivity index (χ1v) is 10.9. The highest BCUT2D eigenvalue weighted by atomic mass is 35.5. The van der Waals surface area contributed by atoms with Gasteiger partial charge >= 0.3 is 6.03 Å². The molecule has 3 aromatic rings. The molecule has 2 aromatic heterocycles. The van der Waals surface area contributed by atoms with E-state index >= 15 is 0 Å². The normalized spacial score (nSPS) is 18.8. The maximum Gasteiger partial charge on any atom is 0.319 e. The summed E-state index contributed by atoms with van der Waals surface area (Å²) in [6.45, 7) is 2.46. The SMILES string of the molecule is COc1ccc(C2CN(Cc3cnn(C)c3)CCC2NC(=O)Nc2ccc(Cl)cc2)nc1. The van der Waals surface area contributed by atoms with Crippen molar-refractivity contribution in [3.63, 3.8) is 0 Å². The van der Waals surface area contributed by atoms with Crippen LogP contribution in [0, 0.1) is 0 Å². The molecular formula is C23H27ClN6O2. The lowest BCUT2D eigenvalue weighted by atomic mass is 9.88. The zero-order valence-corrected chi connectivity index (χ0v) is 18.9. The number of amides is 2. The number of urea groups is 1. The van der Waals surface area contributed by atoms with Crippen LogP contribution >= 0.6 is 11.6 Å². The summed E-state index contributed by atoms with van der Waals surface area (Å²) in [6.07, 6.45) is 6.46. The number of hydrogen-bond donors (Lipinski definition) is 2. The summed E-state index contributed by atoms with van der Waals surface area (Å²) in [5, 5.41) is 10.9. The predicted octanol–water partition coefficient (Wildman–Crippen LogP) is 3.66. The summed E-state index contributed by atoms with van der Waals surface area (Å²) < 4.78 is 7.07. The third-order valence-electron chi connectivity index (χ3n) is 5.65. The molecule has 0 bridgehead atoms. The first-order valence-electron chi connectivity index (χ1n) is 10.5. The summed E-state index contributed by atoms with van der Waals surface area (Å²) in [6, 6.07) is 10.7. The van der Waals surface area contributed by atoms with Gasteiger partial charge in [-0.1, -0.05) is 11.6 Å². The number of carbonyl (C=O) groups is 1. The van der Waals surface area contributed by atoms with E-state index < -0.39 is 0 Å². The topological polar surface area (TPSA) is 84.3 Å². The Labute approximate surface area is 192 Å². The number of nitrogens with one attached hydrogen (secondary N) is 2. The van der Waals surface area contributed by atoms with E-state index in [1.54, 1.807) is 37.6 Å².